The van der Waals surface area contributed by atoms with Gasteiger partial charge in [0.2, 0.25) is 5.91 Å². The number of nitrogens with one attached hydrogen (secondary N) is 2. The third-order valence-electron chi connectivity index (χ3n) is 5.85. The van der Waals surface area contributed by atoms with Gasteiger partial charge in [0, 0.05) is 25.1 Å². The zero-order chi connectivity index (χ0) is 19.0. The van der Waals surface area contributed by atoms with Crippen LogP contribution in [0, 0.1) is 11.8 Å². The van der Waals surface area contributed by atoms with Crippen LogP contribution < -0.4 is 10.0 Å². The molecule has 0 bridgehead atoms. The molecule has 1 amide bonds. The van der Waals surface area contributed by atoms with Gasteiger partial charge in [0.25, 0.3) is 10.0 Å². The summed E-state index contributed by atoms with van der Waals surface area (Å²) in [7, 11) is -3.55. The predicted octanol–water partition coefficient (Wildman–Crippen LogP) is 1.38. The highest BCUT2D eigenvalue weighted by atomic mass is 35.5. The molecule has 7 nitrogen and oxygen atoms in total. The first kappa shape index (κ1) is 21.1. The summed E-state index contributed by atoms with van der Waals surface area (Å²) in [5.74, 6) is 1.81. The van der Waals surface area contributed by atoms with Gasteiger partial charge in [-0.05, 0) is 56.8 Å². The zero-order valence-corrected chi connectivity index (χ0v) is 17.6. The Kier molecular flexibility index (Phi) is 6.31. The number of nitrogens with zero attached hydrogens (tertiary/aromatic N) is 2. The van der Waals surface area contributed by atoms with Crippen LogP contribution in [0.25, 0.3) is 0 Å². The lowest BCUT2D eigenvalue weighted by Gasteiger charge is -2.22. The number of hydrogen-bond donors (Lipinski definition) is 2. The van der Waals surface area contributed by atoms with Crippen molar-refractivity contribution in [3.8, 4) is 0 Å². The van der Waals surface area contributed by atoms with E-state index in [2.05, 4.69) is 15.0 Å². The molecule has 3 atom stereocenters. The molecule has 2 N–H and O–H groups in total. The molecule has 9 heteroatoms. The molecule has 3 heterocycles. The molecule has 0 aromatic heterocycles. The zero-order valence-electron chi connectivity index (χ0n) is 15.9. The molecule has 4 rings (SSSR count). The van der Waals surface area contributed by atoms with Crippen molar-refractivity contribution in [1.29, 1.82) is 0 Å². The van der Waals surface area contributed by atoms with Gasteiger partial charge in [-0.1, -0.05) is 12.1 Å². The van der Waals surface area contributed by atoms with E-state index in [0.717, 1.165) is 39.0 Å². The Morgan fingerprint density at radius 3 is 2.54 bits per heavy atom. The van der Waals surface area contributed by atoms with Gasteiger partial charge in [0.05, 0.1) is 10.9 Å². The van der Waals surface area contributed by atoms with Gasteiger partial charge in [0.1, 0.15) is 5.84 Å². The minimum Gasteiger partial charge on any atom is -0.343 e. The largest absolute Gasteiger partial charge is 0.343 e. The average Bonchev–Trinajstić information content (AvgIpc) is 3.10. The summed E-state index contributed by atoms with van der Waals surface area (Å²) < 4.78 is 26.9. The summed E-state index contributed by atoms with van der Waals surface area (Å²) in [6.45, 7) is 5.60. The van der Waals surface area contributed by atoms with Crippen LogP contribution in [0.15, 0.2) is 34.2 Å². The maximum Gasteiger partial charge on any atom is 0.263 e. The van der Waals surface area contributed by atoms with Gasteiger partial charge in [-0.25, -0.2) is 8.42 Å². The molecule has 2 fully saturated rings. The number of benzene rings is 1. The monoisotopic (exact) mass is 426 g/mol. The molecule has 0 aliphatic carbocycles. The van der Waals surface area contributed by atoms with Crippen molar-refractivity contribution in [3.05, 3.63) is 29.8 Å². The van der Waals surface area contributed by atoms with Gasteiger partial charge in [-0.2, -0.15) is 0 Å². The minimum atomic E-state index is -3.55. The first-order chi connectivity index (χ1) is 12.9. The number of rotatable bonds is 3. The van der Waals surface area contributed by atoms with Crippen molar-refractivity contribution in [2.45, 2.75) is 37.1 Å². The van der Waals surface area contributed by atoms with Crippen molar-refractivity contribution in [1.82, 2.24) is 14.9 Å². The second-order valence-electron chi connectivity index (χ2n) is 7.77. The van der Waals surface area contributed by atoms with E-state index in [1.807, 2.05) is 11.8 Å². The third kappa shape index (κ3) is 4.18. The van der Waals surface area contributed by atoms with Crippen molar-refractivity contribution in [3.63, 3.8) is 0 Å². The van der Waals surface area contributed by atoms with Crippen LogP contribution >= 0.6 is 12.4 Å². The Bertz CT molecular complexity index is 860. The number of halogens is 1. The van der Waals surface area contributed by atoms with Crippen molar-refractivity contribution >= 4 is 34.2 Å². The summed E-state index contributed by atoms with van der Waals surface area (Å²) in [6.07, 6.45) is 2.40. The van der Waals surface area contributed by atoms with Gasteiger partial charge in [0.15, 0.2) is 0 Å². The Morgan fingerprint density at radius 1 is 1.21 bits per heavy atom. The van der Waals surface area contributed by atoms with E-state index < -0.39 is 10.0 Å². The van der Waals surface area contributed by atoms with E-state index in [9.17, 15) is 13.2 Å². The van der Waals surface area contributed by atoms with E-state index in [1.54, 1.807) is 24.3 Å². The summed E-state index contributed by atoms with van der Waals surface area (Å²) >= 11 is 0. The van der Waals surface area contributed by atoms with E-state index in [-0.39, 0.29) is 29.3 Å². The van der Waals surface area contributed by atoms with Crippen LogP contribution in [-0.2, 0) is 14.8 Å². The lowest BCUT2D eigenvalue weighted by atomic mass is 9.92. The minimum absolute atomic E-state index is 0. The van der Waals surface area contributed by atoms with E-state index in [1.165, 1.54) is 0 Å². The number of amides is 1. The summed E-state index contributed by atoms with van der Waals surface area (Å²) in [6, 6.07) is 6.50. The molecule has 1 aromatic carbocycles. The Hall–Kier alpha value is -1.64. The molecule has 1 aromatic rings. The van der Waals surface area contributed by atoms with Gasteiger partial charge in [-0.15, -0.1) is 12.4 Å². The quantitative estimate of drug-likeness (QED) is 0.764. The molecular formula is C19H27ClN4O3S. The molecule has 0 spiro atoms. The number of hydrogen-bond acceptors (Lipinski definition) is 5. The summed E-state index contributed by atoms with van der Waals surface area (Å²) in [5.41, 5.74) is 0.576. The Labute approximate surface area is 172 Å². The molecule has 28 heavy (non-hydrogen) atoms. The molecule has 3 aliphatic heterocycles. The number of carbonyl (C=O) groups is 1. The van der Waals surface area contributed by atoms with E-state index in [0.29, 0.717) is 29.7 Å². The van der Waals surface area contributed by atoms with Crippen molar-refractivity contribution in [2.75, 3.05) is 26.2 Å². The van der Waals surface area contributed by atoms with Crippen LogP contribution in [-0.4, -0.2) is 57.3 Å². The molecule has 3 aliphatic rings. The van der Waals surface area contributed by atoms with Crippen LogP contribution in [0.3, 0.4) is 0 Å². The molecule has 154 valence electrons. The second-order valence-corrected chi connectivity index (χ2v) is 9.42. The topological polar surface area (TPSA) is 90.9 Å². The molecular weight excluding hydrogens is 400 g/mol. The highest BCUT2D eigenvalue weighted by Gasteiger charge is 2.33. The van der Waals surface area contributed by atoms with Crippen LogP contribution in [0.1, 0.15) is 31.7 Å². The maximum atomic E-state index is 12.7. The standard InChI is InChI=1S/C19H26N4O3S.ClH/c1-13(21-19-16-4-2-3-5-17(16)27(25,26)22-19)10-18(24)23-8-6-14-11-20-12-15(14)7-9-23;/h2-5,13-15,20H,6-12H2,1H3,(H,21,22);1H/t13?,14-,15+;. The fourth-order valence-corrected chi connectivity index (χ4v) is 5.58. The maximum absolute atomic E-state index is 12.7. The number of amidine groups is 1. The number of likely N-dealkylation sites (tertiary alicyclic amines) is 1. The van der Waals surface area contributed by atoms with Crippen LogP contribution in [0.4, 0.5) is 0 Å². The highest BCUT2D eigenvalue weighted by Crippen LogP contribution is 2.27. The molecule has 0 saturated carbocycles. The van der Waals surface area contributed by atoms with E-state index >= 15 is 0 Å². The summed E-state index contributed by atoms with van der Waals surface area (Å²) in [5, 5.41) is 3.45. The van der Waals surface area contributed by atoms with E-state index in [4.69, 9.17) is 0 Å². The first-order valence-corrected chi connectivity index (χ1v) is 11.1. The first-order valence-electron chi connectivity index (χ1n) is 9.62. The van der Waals surface area contributed by atoms with Gasteiger partial charge < -0.3 is 10.2 Å². The second kappa shape index (κ2) is 8.39. The van der Waals surface area contributed by atoms with Crippen molar-refractivity contribution < 1.29 is 13.2 Å². The fourth-order valence-electron chi connectivity index (χ4n) is 4.35. The lowest BCUT2D eigenvalue weighted by molar-refractivity contribution is -0.131. The number of fused-ring (bicyclic) bond motifs is 2. The van der Waals surface area contributed by atoms with Crippen LogP contribution in [0.2, 0.25) is 0 Å². The number of sulfonamides is 1. The normalized spacial score (nSPS) is 27.9. The van der Waals surface area contributed by atoms with Crippen molar-refractivity contribution in [2.24, 2.45) is 16.8 Å². The Morgan fingerprint density at radius 2 is 1.86 bits per heavy atom. The highest BCUT2D eigenvalue weighted by molar-refractivity contribution is 7.90. The predicted molar refractivity (Wildman–Crippen MR) is 110 cm³/mol. The fraction of sp³-hybridized carbons (Fsp3) is 0.579. The lowest BCUT2D eigenvalue weighted by Crippen LogP contribution is -2.34. The molecule has 0 radical (unpaired) electrons. The third-order valence-corrected chi connectivity index (χ3v) is 7.25. The SMILES string of the molecule is CC(CC(=O)N1CC[C@@H]2CNC[C@@H]2CC1)N=C1NS(=O)(=O)c2ccccc21.Cl. The molecule has 2 saturated heterocycles. The smallest absolute Gasteiger partial charge is 0.263 e. The number of carbonyl (C=O) groups excluding carboxylic acids is 1. The average molecular weight is 427 g/mol. The Balaban J connectivity index is 0.00000225. The van der Waals surface area contributed by atoms with Gasteiger partial charge in [-0.3, -0.25) is 14.5 Å². The number of aliphatic imine (C=N–C) groups is 1. The van der Waals surface area contributed by atoms with Gasteiger partial charge >= 0.3 is 0 Å². The van der Waals surface area contributed by atoms with Crippen LogP contribution in [0.5, 0.6) is 0 Å². The molecule has 1 unspecified atom stereocenters. The summed E-state index contributed by atoms with van der Waals surface area (Å²) in [4.78, 5) is 19.4.